The second-order valence-electron chi connectivity index (χ2n) is 10.1. The van der Waals surface area contributed by atoms with Crippen molar-refractivity contribution in [1.29, 1.82) is 0 Å². The summed E-state index contributed by atoms with van der Waals surface area (Å²) in [5.74, 6) is 1.94. The van der Waals surface area contributed by atoms with Gasteiger partial charge in [0.15, 0.2) is 0 Å². The van der Waals surface area contributed by atoms with E-state index in [9.17, 15) is 9.59 Å². The van der Waals surface area contributed by atoms with E-state index in [0.29, 0.717) is 23.8 Å². The summed E-state index contributed by atoms with van der Waals surface area (Å²) in [5, 5.41) is 3.44. The number of hydrogen-bond acceptors (Lipinski definition) is 3. The van der Waals surface area contributed by atoms with E-state index >= 15 is 0 Å². The Bertz CT molecular complexity index is 1020. The van der Waals surface area contributed by atoms with Crippen LogP contribution >= 0.6 is 0 Å². The van der Waals surface area contributed by atoms with Gasteiger partial charge >= 0.3 is 5.69 Å². The van der Waals surface area contributed by atoms with E-state index in [-0.39, 0.29) is 11.6 Å². The standard InChI is InChI=1S/C24H32N4O2/c29-23(26-14-18-11-25-12-19(18)15-26)17-8-9-21-22(10-17)27(13-16-6-7-16)24(30)28(21)20-4-2-1-3-5-20/h8-10,16,18-20,25H,1-7,11-15H2. The first-order valence-electron chi connectivity index (χ1n) is 11.9. The van der Waals surface area contributed by atoms with Crippen LogP contribution in [0.4, 0.5) is 0 Å². The van der Waals surface area contributed by atoms with Crippen LogP contribution in [0.3, 0.4) is 0 Å². The summed E-state index contributed by atoms with van der Waals surface area (Å²) in [4.78, 5) is 28.7. The number of fused-ring (bicyclic) bond motifs is 2. The average Bonchev–Trinajstić information content (AvgIpc) is 3.22. The number of carbonyl (C=O) groups is 1. The molecule has 2 atom stereocenters. The predicted molar refractivity (Wildman–Crippen MR) is 117 cm³/mol. The minimum absolute atomic E-state index is 0.127. The molecule has 6 heteroatoms. The summed E-state index contributed by atoms with van der Waals surface area (Å²) in [7, 11) is 0. The fourth-order valence-corrected chi connectivity index (χ4v) is 6.04. The number of aromatic nitrogens is 2. The summed E-state index contributed by atoms with van der Waals surface area (Å²) < 4.78 is 4.03. The summed E-state index contributed by atoms with van der Waals surface area (Å²) in [5.41, 5.74) is 2.85. The highest BCUT2D eigenvalue weighted by molar-refractivity contribution is 5.97. The molecule has 160 valence electrons. The Morgan fingerprint density at radius 1 is 0.967 bits per heavy atom. The van der Waals surface area contributed by atoms with Crippen LogP contribution in [0.15, 0.2) is 23.0 Å². The van der Waals surface area contributed by atoms with Crippen LogP contribution in [0.5, 0.6) is 0 Å². The molecule has 6 rings (SSSR count). The van der Waals surface area contributed by atoms with Crippen LogP contribution in [-0.2, 0) is 6.54 Å². The summed E-state index contributed by atoms with van der Waals surface area (Å²) in [6.07, 6.45) is 8.29. The van der Waals surface area contributed by atoms with Gasteiger partial charge < -0.3 is 10.2 Å². The molecule has 4 aliphatic rings. The van der Waals surface area contributed by atoms with Crippen LogP contribution < -0.4 is 11.0 Å². The zero-order chi connectivity index (χ0) is 20.2. The first kappa shape index (κ1) is 18.7. The van der Waals surface area contributed by atoms with E-state index in [1.54, 1.807) is 0 Å². The fraction of sp³-hybridized carbons (Fsp3) is 0.667. The number of nitrogens with one attached hydrogen (secondary N) is 1. The van der Waals surface area contributed by atoms with Crippen LogP contribution in [0.2, 0.25) is 0 Å². The van der Waals surface area contributed by atoms with Gasteiger partial charge in [-0.1, -0.05) is 19.3 Å². The minimum atomic E-state index is 0.127. The lowest BCUT2D eigenvalue weighted by Gasteiger charge is -2.23. The van der Waals surface area contributed by atoms with Crippen molar-refractivity contribution in [3.8, 4) is 0 Å². The molecule has 6 nitrogen and oxygen atoms in total. The van der Waals surface area contributed by atoms with E-state index in [2.05, 4.69) is 9.88 Å². The van der Waals surface area contributed by atoms with Gasteiger partial charge in [-0.3, -0.25) is 13.9 Å². The molecule has 3 heterocycles. The molecule has 2 unspecified atom stereocenters. The Morgan fingerprint density at radius 2 is 1.70 bits per heavy atom. The Kier molecular flexibility index (Phi) is 4.52. The second-order valence-corrected chi connectivity index (χ2v) is 10.1. The minimum Gasteiger partial charge on any atom is -0.338 e. The molecule has 4 fully saturated rings. The molecular weight excluding hydrogens is 376 g/mol. The molecule has 2 aliphatic carbocycles. The van der Waals surface area contributed by atoms with Gasteiger partial charge in [0.1, 0.15) is 0 Å². The Balaban J connectivity index is 1.37. The van der Waals surface area contributed by atoms with E-state index in [0.717, 1.165) is 62.2 Å². The Hall–Kier alpha value is -2.08. The van der Waals surface area contributed by atoms with Gasteiger partial charge in [-0.15, -0.1) is 0 Å². The van der Waals surface area contributed by atoms with Crippen molar-refractivity contribution < 1.29 is 4.79 Å². The van der Waals surface area contributed by atoms with Crippen molar-refractivity contribution in [1.82, 2.24) is 19.4 Å². The highest BCUT2D eigenvalue weighted by Gasteiger charge is 2.38. The third-order valence-electron chi connectivity index (χ3n) is 7.96. The van der Waals surface area contributed by atoms with Crippen molar-refractivity contribution in [3.05, 3.63) is 34.2 Å². The smallest absolute Gasteiger partial charge is 0.329 e. The summed E-state index contributed by atoms with van der Waals surface area (Å²) >= 11 is 0. The van der Waals surface area contributed by atoms with Crippen LogP contribution in [0, 0.1) is 17.8 Å². The monoisotopic (exact) mass is 408 g/mol. The van der Waals surface area contributed by atoms with Crippen molar-refractivity contribution in [2.24, 2.45) is 17.8 Å². The third kappa shape index (κ3) is 3.11. The van der Waals surface area contributed by atoms with E-state index < -0.39 is 0 Å². The maximum Gasteiger partial charge on any atom is 0.329 e. The second kappa shape index (κ2) is 7.26. The topological polar surface area (TPSA) is 59.3 Å². The molecular formula is C24H32N4O2. The molecule has 2 saturated heterocycles. The zero-order valence-electron chi connectivity index (χ0n) is 17.7. The molecule has 1 aromatic carbocycles. The number of imidazole rings is 1. The van der Waals surface area contributed by atoms with Crippen molar-refractivity contribution in [2.45, 2.75) is 57.5 Å². The number of benzene rings is 1. The maximum atomic E-state index is 13.4. The molecule has 1 N–H and O–H groups in total. The van der Waals surface area contributed by atoms with Gasteiger partial charge in [0.2, 0.25) is 0 Å². The normalized spacial score (nSPS) is 27.1. The van der Waals surface area contributed by atoms with Crippen LogP contribution in [-0.4, -0.2) is 46.1 Å². The van der Waals surface area contributed by atoms with Gasteiger partial charge in [0, 0.05) is 44.3 Å². The van der Waals surface area contributed by atoms with Crippen molar-refractivity contribution >= 4 is 16.9 Å². The summed E-state index contributed by atoms with van der Waals surface area (Å²) in [6.45, 7) is 4.56. The molecule has 0 spiro atoms. The molecule has 1 aromatic heterocycles. The number of rotatable bonds is 4. The Morgan fingerprint density at radius 3 is 2.40 bits per heavy atom. The molecule has 2 aromatic rings. The largest absolute Gasteiger partial charge is 0.338 e. The fourth-order valence-electron chi connectivity index (χ4n) is 6.04. The van der Waals surface area contributed by atoms with Gasteiger partial charge in [-0.2, -0.15) is 0 Å². The Labute approximate surface area is 177 Å². The van der Waals surface area contributed by atoms with E-state index in [1.807, 2.05) is 27.7 Å². The van der Waals surface area contributed by atoms with Gasteiger partial charge in [-0.05, 0) is 61.6 Å². The predicted octanol–water partition coefficient (Wildman–Crippen LogP) is 3.01. The number of amides is 1. The quantitative estimate of drug-likeness (QED) is 0.846. The average molecular weight is 409 g/mol. The van der Waals surface area contributed by atoms with Gasteiger partial charge in [0.05, 0.1) is 11.0 Å². The summed E-state index contributed by atoms with van der Waals surface area (Å²) in [6, 6.07) is 6.31. The number of nitrogens with zero attached hydrogens (tertiary/aromatic N) is 3. The lowest BCUT2D eigenvalue weighted by Crippen LogP contribution is -2.31. The van der Waals surface area contributed by atoms with Crippen molar-refractivity contribution in [3.63, 3.8) is 0 Å². The van der Waals surface area contributed by atoms with E-state index in [4.69, 9.17) is 0 Å². The highest BCUT2D eigenvalue weighted by Crippen LogP contribution is 2.34. The SMILES string of the molecule is O=C(c1ccc2c(c1)n(CC1CC1)c(=O)n2C1CCCCC1)N1CC2CNCC2C1. The lowest BCUT2D eigenvalue weighted by molar-refractivity contribution is 0.0782. The third-order valence-corrected chi connectivity index (χ3v) is 7.96. The molecule has 2 saturated carbocycles. The first-order valence-corrected chi connectivity index (χ1v) is 11.9. The van der Waals surface area contributed by atoms with Crippen molar-refractivity contribution in [2.75, 3.05) is 26.2 Å². The molecule has 0 radical (unpaired) electrons. The van der Waals surface area contributed by atoms with Gasteiger partial charge in [0.25, 0.3) is 5.91 Å². The number of hydrogen-bond donors (Lipinski definition) is 1. The van der Waals surface area contributed by atoms with Gasteiger partial charge in [-0.25, -0.2) is 4.79 Å². The zero-order valence-corrected chi connectivity index (χ0v) is 17.7. The lowest BCUT2D eigenvalue weighted by atomic mass is 9.95. The first-order chi connectivity index (χ1) is 14.7. The molecule has 1 amide bonds. The van der Waals surface area contributed by atoms with E-state index in [1.165, 1.54) is 32.1 Å². The number of carbonyl (C=O) groups excluding carboxylic acids is 1. The highest BCUT2D eigenvalue weighted by atomic mass is 16.2. The number of likely N-dealkylation sites (tertiary alicyclic amines) is 1. The van der Waals surface area contributed by atoms with Crippen LogP contribution in [0.1, 0.15) is 61.3 Å². The molecule has 0 bridgehead atoms. The maximum absolute atomic E-state index is 13.4. The molecule has 30 heavy (non-hydrogen) atoms. The molecule has 2 aliphatic heterocycles. The van der Waals surface area contributed by atoms with Crippen LogP contribution in [0.25, 0.3) is 11.0 Å².